The van der Waals surface area contributed by atoms with Gasteiger partial charge in [0.1, 0.15) is 0 Å². The first-order valence-electron chi connectivity index (χ1n) is 7.16. The van der Waals surface area contributed by atoms with Gasteiger partial charge in [0.2, 0.25) is 5.76 Å². The fourth-order valence-corrected chi connectivity index (χ4v) is 2.22. The number of para-hydroxylation sites is 1. The third-order valence-electron chi connectivity index (χ3n) is 3.68. The van der Waals surface area contributed by atoms with E-state index >= 15 is 0 Å². The highest BCUT2D eigenvalue weighted by molar-refractivity contribution is 5.97. The summed E-state index contributed by atoms with van der Waals surface area (Å²) in [5.41, 5.74) is 0.510. The minimum atomic E-state index is -0.925. The zero-order chi connectivity index (χ0) is 15.9. The molecule has 1 heterocycles. The van der Waals surface area contributed by atoms with Crippen LogP contribution in [0.1, 0.15) is 35.9 Å². The van der Waals surface area contributed by atoms with Gasteiger partial charge in [-0.15, -0.1) is 0 Å². The topological polar surface area (TPSA) is 68.5 Å². The maximum atomic E-state index is 13.7. The van der Waals surface area contributed by atoms with Gasteiger partial charge in [-0.1, -0.05) is 12.1 Å². The van der Waals surface area contributed by atoms with Crippen molar-refractivity contribution in [1.29, 1.82) is 0 Å². The quantitative estimate of drug-likeness (QED) is 0.882. The van der Waals surface area contributed by atoms with Crippen LogP contribution >= 0.6 is 0 Å². The first-order valence-corrected chi connectivity index (χ1v) is 7.16. The van der Waals surface area contributed by atoms with E-state index in [0.29, 0.717) is 10.9 Å². The van der Waals surface area contributed by atoms with E-state index in [-0.39, 0.29) is 23.3 Å². The number of hydrogen-bond acceptors (Lipinski definition) is 4. The van der Waals surface area contributed by atoms with Crippen LogP contribution in [0.3, 0.4) is 0 Å². The Kier molecular flexibility index (Phi) is 3.60. The van der Waals surface area contributed by atoms with Crippen LogP contribution in [-0.4, -0.2) is 24.0 Å². The fraction of sp³-hybridized carbons (Fsp3) is 0.375. The van der Waals surface area contributed by atoms with Gasteiger partial charge in [-0.3, -0.25) is 4.79 Å². The first kappa shape index (κ1) is 14.6. The standard InChI is InChI=1S/C16H16FNO4/c1-8-11-4-3-5-12(17)14(11)22-13(8)16(20)21-9(2)15(19)18-10-6-7-10/h3-5,9-10H,6-7H2,1-2H3,(H,18,19). The maximum absolute atomic E-state index is 13.7. The molecule has 1 aliphatic rings. The number of carbonyl (C=O) groups is 2. The van der Waals surface area contributed by atoms with Crippen molar-refractivity contribution in [2.45, 2.75) is 38.8 Å². The highest BCUT2D eigenvalue weighted by atomic mass is 19.1. The van der Waals surface area contributed by atoms with E-state index in [0.717, 1.165) is 12.8 Å². The number of benzene rings is 1. The maximum Gasteiger partial charge on any atom is 0.375 e. The van der Waals surface area contributed by atoms with Crippen LogP contribution in [-0.2, 0) is 9.53 Å². The third-order valence-corrected chi connectivity index (χ3v) is 3.68. The van der Waals surface area contributed by atoms with Gasteiger partial charge in [0.05, 0.1) is 0 Å². The van der Waals surface area contributed by atoms with E-state index in [1.54, 1.807) is 19.1 Å². The van der Waals surface area contributed by atoms with Crippen molar-refractivity contribution in [3.05, 3.63) is 35.3 Å². The molecular weight excluding hydrogens is 289 g/mol. The molecule has 116 valence electrons. The van der Waals surface area contributed by atoms with E-state index in [1.165, 1.54) is 13.0 Å². The van der Waals surface area contributed by atoms with Gasteiger partial charge in [-0.25, -0.2) is 9.18 Å². The second-order valence-electron chi connectivity index (χ2n) is 5.50. The lowest BCUT2D eigenvalue weighted by molar-refractivity contribution is -0.129. The molecule has 1 unspecified atom stereocenters. The molecule has 0 saturated heterocycles. The van der Waals surface area contributed by atoms with Gasteiger partial charge < -0.3 is 14.5 Å². The third kappa shape index (κ3) is 2.68. The summed E-state index contributed by atoms with van der Waals surface area (Å²) in [6.45, 7) is 3.14. The number of amides is 1. The van der Waals surface area contributed by atoms with Crippen LogP contribution in [0.2, 0.25) is 0 Å². The van der Waals surface area contributed by atoms with Gasteiger partial charge >= 0.3 is 5.97 Å². The van der Waals surface area contributed by atoms with Crippen molar-refractivity contribution < 1.29 is 23.1 Å². The van der Waals surface area contributed by atoms with Gasteiger partial charge in [0.25, 0.3) is 5.91 Å². The van der Waals surface area contributed by atoms with Gasteiger partial charge in [-0.05, 0) is 32.8 Å². The molecule has 5 nitrogen and oxygen atoms in total. The van der Waals surface area contributed by atoms with Gasteiger partial charge in [0, 0.05) is 17.0 Å². The summed E-state index contributed by atoms with van der Waals surface area (Å²) in [6.07, 6.45) is 0.980. The van der Waals surface area contributed by atoms with Crippen LogP contribution in [0.5, 0.6) is 0 Å². The van der Waals surface area contributed by atoms with E-state index in [1.807, 2.05) is 0 Å². The summed E-state index contributed by atoms with van der Waals surface area (Å²) >= 11 is 0. The SMILES string of the molecule is Cc1c(C(=O)OC(C)C(=O)NC2CC2)oc2c(F)cccc12. The average Bonchev–Trinajstić information content (AvgIpc) is 3.22. The number of hydrogen-bond donors (Lipinski definition) is 1. The smallest absolute Gasteiger partial charge is 0.375 e. The number of fused-ring (bicyclic) bond motifs is 1. The van der Waals surface area contributed by atoms with Crippen molar-refractivity contribution in [3.8, 4) is 0 Å². The molecule has 3 rings (SSSR count). The van der Waals surface area contributed by atoms with Gasteiger partial charge in [-0.2, -0.15) is 0 Å². The number of rotatable bonds is 4. The van der Waals surface area contributed by atoms with Crippen molar-refractivity contribution in [2.75, 3.05) is 0 Å². The molecule has 0 aliphatic heterocycles. The van der Waals surface area contributed by atoms with Crippen LogP contribution < -0.4 is 5.32 Å². The largest absolute Gasteiger partial charge is 0.447 e. The molecule has 22 heavy (non-hydrogen) atoms. The molecule has 1 N–H and O–H groups in total. The molecule has 1 amide bonds. The van der Waals surface area contributed by atoms with E-state index in [9.17, 15) is 14.0 Å². The van der Waals surface area contributed by atoms with E-state index in [4.69, 9.17) is 9.15 Å². The lowest BCUT2D eigenvalue weighted by Gasteiger charge is -2.12. The number of esters is 1. The summed E-state index contributed by atoms with van der Waals surface area (Å²) < 4.78 is 24.1. The van der Waals surface area contributed by atoms with Crippen LogP contribution in [0.15, 0.2) is 22.6 Å². The van der Waals surface area contributed by atoms with Crippen LogP contribution in [0.4, 0.5) is 4.39 Å². The second kappa shape index (κ2) is 5.44. The number of carbonyl (C=O) groups excluding carboxylic acids is 2. The Hall–Kier alpha value is -2.37. The Balaban J connectivity index is 1.78. The number of halogens is 1. The molecule has 2 aromatic rings. The molecule has 1 aromatic heterocycles. The monoisotopic (exact) mass is 305 g/mol. The van der Waals surface area contributed by atoms with Crippen molar-refractivity contribution in [3.63, 3.8) is 0 Å². The highest BCUT2D eigenvalue weighted by Crippen LogP contribution is 2.28. The van der Waals surface area contributed by atoms with Gasteiger partial charge in [0.15, 0.2) is 17.5 Å². The Morgan fingerprint density at radius 2 is 2.14 bits per heavy atom. The molecule has 0 bridgehead atoms. The predicted molar refractivity (Wildman–Crippen MR) is 77.0 cm³/mol. The molecule has 1 atom stereocenters. The number of furan rings is 1. The molecule has 1 fully saturated rings. The number of nitrogens with one attached hydrogen (secondary N) is 1. The van der Waals surface area contributed by atoms with Crippen molar-refractivity contribution >= 4 is 22.8 Å². The lowest BCUT2D eigenvalue weighted by Crippen LogP contribution is -2.37. The number of ether oxygens (including phenoxy) is 1. The normalized spacial score (nSPS) is 15.6. The molecule has 1 saturated carbocycles. The van der Waals surface area contributed by atoms with Crippen LogP contribution in [0, 0.1) is 12.7 Å². The Morgan fingerprint density at radius 3 is 2.77 bits per heavy atom. The minimum Gasteiger partial charge on any atom is -0.447 e. The Morgan fingerprint density at radius 1 is 1.41 bits per heavy atom. The average molecular weight is 305 g/mol. The molecule has 1 aromatic carbocycles. The van der Waals surface area contributed by atoms with E-state index < -0.39 is 17.9 Å². The fourth-order valence-electron chi connectivity index (χ4n) is 2.22. The summed E-state index contributed by atoms with van der Waals surface area (Å²) in [5, 5.41) is 3.27. The van der Waals surface area contributed by atoms with Crippen molar-refractivity contribution in [1.82, 2.24) is 5.32 Å². The second-order valence-corrected chi connectivity index (χ2v) is 5.50. The summed E-state index contributed by atoms with van der Waals surface area (Å²) in [6, 6.07) is 4.65. The zero-order valence-electron chi connectivity index (χ0n) is 12.3. The summed E-state index contributed by atoms with van der Waals surface area (Å²) in [4.78, 5) is 23.9. The van der Waals surface area contributed by atoms with Crippen LogP contribution in [0.25, 0.3) is 11.0 Å². The summed E-state index contributed by atoms with van der Waals surface area (Å²) in [7, 11) is 0. The molecule has 0 radical (unpaired) electrons. The molecule has 6 heteroatoms. The minimum absolute atomic E-state index is 0.0158. The first-order chi connectivity index (χ1) is 10.5. The molecular formula is C16H16FNO4. The highest BCUT2D eigenvalue weighted by Gasteiger charge is 2.29. The molecule has 0 spiro atoms. The lowest BCUT2D eigenvalue weighted by atomic mass is 10.1. The van der Waals surface area contributed by atoms with E-state index in [2.05, 4.69) is 5.32 Å². The summed E-state index contributed by atoms with van der Waals surface area (Å²) in [5.74, 6) is -1.73. The van der Waals surface area contributed by atoms with Crippen molar-refractivity contribution in [2.24, 2.45) is 0 Å². The zero-order valence-corrected chi connectivity index (χ0v) is 12.3. The Bertz CT molecular complexity index is 748. The predicted octanol–water partition coefficient (Wildman–Crippen LogP) is 2.70. The number of aryl methyl sites for hydroxylation is 1. The Labute approximate surface area is 126 Å². The molecule has 1 aliphatic carbocycles.